The molecule has 4 nitrogen and oxygen atoms in total. The van der Waals surface area contributed by atoms with Crippen molar-refractivity contribution in [3.05, 3.63) is 0 Å². The summed E-state index contributed by atoms with van der Waals surface area (Å²) in [4.78, 5) is 2.37. The van der Waals surface area contributed by atoms with Gasteiger partial charge < -0.3 is 0 Å². The molecule has 2 aliphatic heterocycles. The van der Waals surface area contributed by atoms with Crippen molar-refractivity contribution in [3.63, 3.8) is 0 Å². The molecular formula is C11H22N2O2S. The number of rotatable bonds is 2. The SMILES string of the molecule is CC(C)S(=O)(=O)N1CCC2CCC(C1)N2C. The highest BCUT2D eigenvalue weighted by Crippen LogP contribution is 2.29. The van der Waals surface area contributed by atoms with Gasteiger partial charge in [-0.05, 0) is 40.2 Å². The van der Waals surface area contributed by atoms with E-state index in [1.807, 2.05) is 0 Å². The summed E-state index contributed by atoms with van der Waals surface area (Å²) < 4.78 is 26.0. The Bertz CT molecular complexity index is 353. The Labute approximate surface area is 98.7 Å². The number of nitrogens with zero attached hydrogens (tertiary/aromatic N) is 2. The van der Waals surface area contributed by atoms with Crippen LogP contribution in [0.25, 0.3) is 0 Å². The molecule has 2 fully saturated rings. The molecule has 0 aromatic heterocycles. The van der Waals surface area contributed by atoms with E-state index < -0.39 is 10.0 Å². The van der Waals surface area contributed by atoms with E-state index in [9.17, 15) is 8.42 Å². The number of fused-ring (bicyclic) bond motifs is 2. The maximum atomic E-state index is 12.1. The fourth-order valence-electron chi connectivity index (χ4n) is 2.81. The van der Waals surface area contributed by atoms with Crippen LogP contribution in [0.2, 0.25) is 0 Å². The minimum atomic E-state index is -3.06. The molecule has 0 spiro atoms. The normalized spacial score (nSPS) is 33.2. The molecule has 2 rings (SSSR count). The van der Waals surface area contributed by atoms with Gasteiger partial charge in [-0.25, -0.2) is 12.7 Å². The zero-order chi connectivity index (χ0) is 11.9. The molecule has 2 unspecified atom stereocenters. The molecule has 0 aliphatic carbocycles. The molecule has 2 heterocycles. The van der Waals surface area contributed by atoms with E-state index in [2.05, 4.69) is 11.9 Å². The molecule has 0 radical (unpaired) electrons. The smallest absolute Gasteiger partial charge is 0.216 e. The van der Waals surface area contributed by atoms with Crippen LogP contribution in [-0.4, -0.2) is 55.1 Å². The molecule has 0 amide bonds. The Morgan fingerprint density at radius 3 is 2.38 bits per heavy atom. The van der Waals surface area contributed by atoms with E-state index >= 15 is 0 Å². The van der Waals surface area contributed by atoms with Gasteiger partial charge in [-0.2, -0.15) is 0 Å². The summed E-state index contributed by atoms with van der Waals surface area (Å²) in [6.45, 7) is 4.92. The highest BCUT2D eigenvalue weighted by Gasteiger charge is 2.38. The summed E-state index contributed by atoms with van der Waals surface area (Å²) in [7, 11) is -0.930. The van der Waals surface area contributed by atoms with Crippen LogP contribution in [0.5, 0.6) is 0 Å². The second kappa shape index (κ2) is 4.27. The average molecular weight is 246 g/mol. The highest BCUT2D eigenvalue weighted by molar-refractivity contribution is 7.89. The molecule has 0 aromatic carbocycles. The minimum absolute atomic E-state index is 0.297. The van der Waals surface area contributed by atoms with Crippen molar-refractivity contribution in [1.82, 2.24) is 9.21 Å². The first-order valence-corrected chi connectivity index (χ1v) is 7.64. The van der Waals surface area contributed by atoms with E-state index in [0.717, 1.165) is 12.8 Å². The van der Waals surface area contributed by atoms with Crippen molar-refractivity contribution < 1.29 is 8.42 Å². The Morgan fingerprint density at radius 1 is 1.12 bits per heavy atom. The van der Waals surface area contributed by atoms with Gasteiger partial charge in [0.2, 0.25) is 10.0 Å². The summed E-state index contributed by atoms with van der Waals surface area (Å²) in [6.07, 6.45) is 3.36. The largest absolute Gasteiger partial charge is 0.299 e. The van der Waals surface area contributed by atoms with Crippen LogP contribution in [-0.2, 0) is 10.0 Å². The quantitative estimate of drug-likeness (QED) is 0.726. The summed E-state index contributed by atoms with van der Waals surface area (Å²) in [5, 5.41) is -0.297. The predicted molar refractivity (Wildman–Crippen MR) is 64.8 cm³/mol. The summed E-state index contributed by atoms with van der Waals surface area (Å²) in [5.41, 5.74) is 0. The van der Waals surface area contributed by atoms with Crippen molar-refractivity contribution in [1.29, 1.82) is 0 Å². The third-order valence-electron chi connectivity index (χ3n) is 4.07. The lowest BCUT2D eigenvalue weighted by molar-refractivity contribution is 0.246. The zero-order valence-corrected chi connectivity index (χ0v) is 11.2. The van der Waals surface area contributed by atoms with Crippen LogP contribution in [0, 0.1) is 0 Å². The number of hydrogen-bond donors (Lipinski definition) is 0. The van der Waals surface area contributed by atoms with E-state index in [0.29, 0.717) is 25.2 Å². The van der Waals surface area contributed by atoms with Crippen molar-refractivity contribution >= 4 is 10.0 Å². The summed E-state index contributed by atoms with van der Waals surface area (Å²) in [6, 6.07) is 1.03. The Hall–Kier alpha value is -0.130. The predicted octanol–water partition coefficient (Wildman–Crippen LogP) is 0.893. The number of hydrogen-bond acceptors (Lipinski definition) is 3. The molecule has 2 aliphatic rings. The third kappa shape index (κ3) is 2.00. The summed E-state index contributed by atoms with van der Waals surface area (Å²) >= 11 is 0. The van der Waals surface area contributed by atoms with Gasteiger partial charge in [-0.1, -0.05) is 0 Å². The monoisotopic (exact) mass is 246 g/mol. The van der Waals surface area contributed by atoms with Crippen LogP contribution < -0.4 is 0 Å². The standard InChI is InChI=1S/C11H22N2O2S/c1-9(2)16(14,15)13-7-6-10-4-5-11(8-13)12(10)3/h9-11H,4-8H2,1-3H3. The van der Waals surface area contributed by atoms with Crippen molar-refractivity contribution in [2.24, 2.45) is 0 Å². The fraction of sp³-hybridized carbons (Fsp3) is 1.00. The summed E-state index contributed by atoms with van der Waals surface area (Å²) in [5.74, 6) is 0. The lowest BCUT2D eigenvalue weighted by Gasteiger charge is -2.26. The van der Waals surface area contributed by atoms with Gasteiger partial charge in [0.05, 0.1) is 5.25 Å². The van der Waals surface area contributed by atoms with Gasteiger partial charge in [0.15, 0.2) is 0 Å². The first-order valence-electron chi connectivity index (χ1n) is 6.14. The number of sulfonamides is 1. The van der Waals surface area contributed by atoms with E-state index in [4.69, 9.17) is 0 Å². The van der Waals surface area contributed by atoms with Gasteiger partial charge in [-0.15, -0.1) is 0 Å². The lowest BCUT2D eigenvalue weighted by atomic mass is 10.1. The third-order valence-corrected chi connectivity index (χ3v) is 6.31. The second-order valence-corrected chi connectivity index (χ2v) is 7.78. The van der Waals surface area contributed by atoms with Crippen LogP contribution in [0.15, 0.2) is 0 Å². The van der Waals surface area contributed by atoms with E-state index in [-0.39, 0.29) is 5.25 Å². The second-order valence-electron chi connectivity index (χ2n) is 5.29. The molecule has 5 heteroatoms. The van der Waals surface area contributed by atoms with Crippen LogP contribution in [0.3, 0.4) is 0 Å². The lowest BCUT2D eigenvalue weighted by Crippen LogP contribution is -2.42. The van der Waals surface area contributed by atoms with Gasteiger partial charge in [0.25, 0.3) is 0 Å². The fourth-order valence-corrected chi connectivity index (χ4v) is 4.14. The van der Waals surface area contributed by atoms with Gasteiger partial charge >= 0.3 is 0 Å². The zero-order valence-electron chi connectivity index (χ0n) is 10.4. The molecule has 16 heavy (non-hydrogen) atoms. The Morgan fingerprint density at radius 2 is 1.75 bits per heavy atom. The van der Waals surface area contributed by atoms with Gasteiger partial charge in [-0.3, -0.25) is 4.90 Å². The first-order chi connectivity index (χ1) is 7.43. The molecular weight excluding hydrogens is 224 g/mol. The molecule has 0 saturated carbocycles. The Balaban J connectivity index is 2.16. The first kappa shape index (κ1) is 12.3. The van der Waals surface area contributed by atoms with E-state index in [1.54, 1.807) is 18.2 Å². The minimum Gasteiger partial charge on any atom is -0.299 e. The van der Waals surface area contributed by atoms with Crippen molar-refractivity contribution in [2.75, 3.05) is 20.1 Å². The van der Waals surface area contributed by atoms with Crippen molar-refractivity contribution in [2.45, 2.75) is 50.4 Å². The highest BCUT2D eigenvalue weighted by atomic mass is 32.2. The maximum absolute atomic E-state index is 12.1. The molecule has 2 bridgehead atoms. The number of likely N-dealkylation sites (N-methyl/N-ethyl adjacent to an activating group) is 1. The average Bonchev–Trinajstić information content (AvgIpc) is 2.39. The molecule has 94 valence electrons. The maximum Gasteiger partial charge on any atom is 0.216 e. The Kier molecular flexibility index (Phi) is 3.29. The van der Waals surface area contributed by atoms with Crippen LogP contribution in [0.4, 0.5) is 0 Å². The topological polar surface area (TPSA) is 40.6 Å². The van der Waals surface area contributed by atoms with Crippen molar-refractivity contribution in [3.8, 4) is 0 Å². The molecule has 0 N–H and O–H groups in total. The van der Waals surface area contributed by atoms with Crippen LogP contribution in [0.1, 0.15) is 33.1 Å². The van der Waals surface area contributed by atoms with E-state index in [1.165, 1.54) is 6.42 Å². The molecule has 2 atom stereocenters. The van der Waals surface area contributed by atoms with Crippen LogP contribution >= 0.6 is 0 Å². The molecule has 0 aromatic rings. The molecule has 2 saturated heterocycles. The van der Waals surface area contributed by atoms with Gasteiger partial charge in [0.1, 0.15) is 0 Å². The van der Waals surface area contributed by atoms with Gasteiger partial charge in [0, 0.05) is 25.2 Å².